The molecule has 4 rings (SSSR count). The summed E-state index contributed by atoms with van der Waals surface area (Å²) in [6, 6.07) is 17.5. The van der Waals surface area contributed by atoms with Gasteiger partial charge in [-0.25, -0.2) is 0 Å². The van der Waals surface area contributed by atoms with E-state index in [0.717, 1.165) is 33.6 Å². The van der Waals surface area contributed by atoms with E-state index in [-0.39, 0.29) is 0 Å². The molecule has 148 valence electrons. The molecule has 2 aromatic carbocycles. The first-order valence-corrected chi connectivity index (χ1v) is 10.4. The van der Waals surface area contributed by atoms with E-state index in [9.17, 15) is 0 Å². The number of furan rings is 1. The van der Waals surface area contributed by atoms with Crippen LogP contribution in [0.25, 0.3) is 33.6 Å². The molecule has 0 aliphatic rings. The van der Waals surface area contributed by atoms with Crippen molar-refractivity contribution in [3.63, 3.8) is 0 Å². The summed E-state index contributed by atoms with van der Waals surface area (Å²) in [4.78, 5) is 4.70. The molecule has 0 N–H and O–H groups in total. The van der Waals surface area contributed by atoms with Gasteiger partial charge in [0, 0.05) is 28.8 Å². The Hall–Kier alpha value is -2.87. The molecule has 2 nitrogen and oxygen atoms in total. The number of hydrogen-bond acceptors (Lipinski definition) is 2. The zero-order valence-corrected chi connectivity index (χ0v) is 18.2. The lowest BCUT2D eigenvalue weighted by Crippen LogP contribution is -1.94. The van der Waals surface area contributed by atoms with Gasteiger partial charge in [0.2, 0.25) is 0 Å². The average Bonchev–Trinajstić information content (AvgIpc) is 3.10. The van der Waals surface area contributed by atoms with Crippen molar-refractivity contribution in [3.8, 4) is 22.6 Å². The van der Waals surface area contributed by atoms with Gasteiger partial charge in [0.05, 0.1) is 5.69 Å². The van der Waals surface area contributed by atoms with E-state index in [1.54, 1.807) is 0 Å². The largest absolute Gasteiger partial charge is 0.456 e. The van der Waals surface area contributed by atoms with E-state index in [0.29, 0.717) is 11.8 Å². The zero-order chi connectivity index (χ0) is 20.7. The molecule has 0 radical (unpaired) electrons. The number of rotatable bonds is 4. The fourth-order valence-electron chi connectivity index (χ4n) is 3.84. The lowest BCUT2D eigenvalue weighted by Gasteiger charge is -2.13. The molecule has 0 saturated carbocycles. The highest BCUT2D eigenvalue weighted by molar-refractivity contribution is 5.85. The Morgan fingerprint density at radius 1 is 0.690 bits per heavy atom. The van der Waals surface area contributed by atoms with Crippen molar-refractivity contribution in [1.82, 2.24) is 4.98 Å². The molecule has 0 atom stereocenters. The topological polar surface area (TPSA) is 26.0 Å². The van der Waals surface area contributed by atoms with Gasteiger partial charge < -0.3 is 4.42 Å². The molecule has 0 bridgehead atoms. The van der Waals surface area contributed by atoms with Gasteiger partial charge >= 0.3 is 0 Å². The number of aromatic nitrogens is 1. The fraction of sp³-hybridized carbons (Fsp3) is 0.296. The number of nitrogens with zero attached hydrogens (tertiary/aromatic N) is 1. The summed E-state index contributed by atoms with van der Waals surface area (Å²) < 4.78 is 6.31. The molecule has 0 unspecified atom stereocenters. The summed E-state index contributed by atoms with van der Waals surface area (Å²) >= 11 is 0. The van der Waals surface area contributed by atoms with Crippen LogP contribution in [0.1, 0.15) is 61.8 Å². The van der Waals surface area contributed by atoms with Crippen molar-refractivity contribution >= 4 is 11.0 Å². The average molecular weight is 384 g/mol. The SMILES string of the molecule is Cc1cc(C)cc(-c2cc3oc(-c4cc(C(C)C)cc(C(C)C)c4)cc3cn2)c1. The van der Waals surface area contributed by atoms with E-state index < -0.39 is 0 Å². The van der Waals surface area contributed by atoms with E-state index in [1.165, 1.54) is 22.3 Å². The maximum Gasteiger partial charge on any atom is 0.138 e. The molecular formula is C27H29NO. The molecule has 29 heavy (non-hydrogen) atoms. The van der Waals surface area contributed by atoms with Gasteiger partial charge in [-0.05, 0) is 67.1 Å². The normalized spacial score (nSPS) is 11.7. The Balaban J connectivity index is 1.80. The fourth-order valence-corrected chi connectivity index (χ4v) is 3.84. The predicted octanol–water partition coefficient (Wildman–Crippen LogP) is 8.03. The second-order valence-electron chi connectivity index (χ2n) is 8.79. The van der Waals surface area contributed by atoms with Crippen LogP contribution in [0, 0.1) is 13.8 Å². The Morgan fingerprint density at radius 2 is 1.31 bits per heavy atom. The Bertz CT molecular complexity index is 1130. The van der Waals surface area contributed by atoms with Crippen LogP contribution >= 0.6 is 0 Å². The van der Waals surface area contributed by atoms with Gasteiger partial charge in [-0.15, -0.1) is 0 Å². The van der Waals surface area contributed by atoms with Crippen LogP contribution < -0.4 is 0 Å². The van der Waals surface area contributed by atoms with Crippen LogP contribution in [0.2, 0.25) is 0 Å². The summed E-state index contributed by atoms with van der Waals surface area (Å²) in [6.07, 6.45) is 1.92. The Kier molecular flexibility index (Phi) is 5.04. The minimum atomic E-state index is 0.481. The standard InChI is InChI=1S/C27H29NO/c1-16(2)20-10-21(17(3)4)12-23(11-20)26-13-24-15-28-25(14-27(24)29-26)22-8-18(5)7-19(6)9-22/h7-17H,1-6H3. The molecule has 0 aliphatic heterocycles. The van der Waals surface area contributed by atoms with Gasteiger partial charge in [-0.1, -0.05) is 51.0 Å². The number of aryl methyl sites for hydroxylation is 2. The summed E-state index contributed by atoms with van der Waals surface area (Å²) in [6.45, 7) is 13.2. The number of pyridine rings is 1. The first-order valence-electron chi connectivity index (χ1n) is 10.4. The van der Waals surface area contributed by atoms with E-state index >= 15 is 0 Å². The molecule has 2 aromatic heterocycles. The van der Waals surface area contributed by atoms with Crippen molar-refractivity contribution in [2.75, 3.05) is 0 Å². The van der Waals surface area contributed by atoms with Crippen LogP contribution in [0.3, 0.4) is 0 Å². The van der Waals surface area contributed by atoms with Crippen LogP contribution in [0.15, 0.2) is 59.1 Å². The minimum absolute atomic E-state index is 0.481. The molecule has 2 heterocycles. The number of fused-ring (bicyclic) bond motifs is 1. The quantitative estimate of drug-likeness (QED) is 0.356. The monoisotopic (exact) mass is 383 g/mol. The smallest absolute Gasteiger partial charge is 0.138 e. The highest BCUT2D eigenvalue weighted by Crippen LogP contribution is 2.34. The highest BCUT2D eigenvalue weighted by atomic mass is 16.3. The molecule has 4 aromatic rings. The van der Waals surface area contributed by atoms with E-state index in [4.69, 9.17) is 9.40 Å². The van der Waals surface area contributed by atoms with Crippen molar-refractivity contribution < 1.29 is 4.42 Å². The van der Waals surface area contributed by atoms with Crippen molar-refractivity contribution in [1.29, 1.82) is 0 Å². The third-order valence-electron chi connectivity index (χ3n) is 5.51. The lowest BCUT2D eigenvalue weighted by molar-refractivity contribution is 0.631. The second kappa shape index (κ2) is 7.51. The Labute approximate surface area is 173 Å². The van der Waals surface area contributed by atoms with Gasteiger partial charge in [0.1, 0.15) is 11.3 Å². The minimum Gasteiger partial charge on any atom is -0.456 e. The van der Waals surface area contributed by atoms with E-state index in [1.807, 2.05) is 6.20 Å². The first-order chi connectivity index (χ1) is 13.8. The molecule has 0 fully saturated rings. The highest BCUT2D eigenvalue weighted by Gasteiger charge is 2.13. The van der Waals surface area contributed by atoms with Gasteiger partial charge in [-0.2, -0.15) is 0 Å². The van der Waals surface area contributed by atoms with Crippen molar-refractivity contribution in [2.24, 2.45) is 0 Å². The maximum absolute atomic E-state index is 6.31. The van der Waals surface area contributed by atoms with Gasteiger partial charge in [0.25, 0.3) is 0 Å². The number of hydrogen-bond donors (Lipinski definition) is 0. The summed E-state index contributed by atoms with van der Waals surface area (Å²) in [5.41, 5.74) is 9.29. The molecule has 2 heteroatoms. The molecule has 0 saturated heterocycles. The van der Waals surface area contributed by atoms with Crippen molar-refractivity contribution in [2.45, 2.75) is 53.4 Å². The first kappa shape index (κ1) is 19.4. The van der Waals surface area contributed by atoms with Crippen LogP contribution in [-0.2, 0) is 0 Å². The Morgan fingerprint density at radius 3 is 1.90 bits per heavy atom. The molecule has 0 aliphatic carbocycles. The number of benzene rings is 2. The molecular weight excluding hydrogens is 354 g/mol. The second-order valence-corrected chi connectivity index (χ2v) is 8.79. The van der Waals surface area contributed by atoms with Crippen molar-refractivity contribution in [3.05, 3.63) is 77.0 Å². The predicted molar refractivity (Wildman–Crippen MR) is 123 cm³/mol. The molecule has 0 spiro atoms. The zero-order valence-electron chi connectivity index (χ0n) is 18.2. The van der Waals surface area contributed by atoms with Gasteiger partial charge in [-0.3, -0.25) is 4.98 Å². The lowest BCUT2D eigenvalue weighted by atomic mass is 9.92. The summed E-state index contributed by atoms with van der Waals surface area (Å²) in [7, 11) is 0. The van der Waals surface area contributed by atoms with E-state index in [2.05, 4.69) is 90.1 Å². The third-order valence-corrected chi connectivity index (χ3v) is 5.51. The van der Waals surface area contributed by atoms with Gasteiger partial charge in [0.15, 0.2) is 0 Å². The van der Waals surface area contributed by atoms with Crippen LogP contribution in [-0.4, -0.2) is 4.98 Å². The summed E-state index contributed by atoms with van der Waals surface area (Å²) in [5, 5.41) is 1.04. The molecule has 0 amide bonds. The maximum atomic E-state index is 6.31. The summed E-state index contributed by atoms with van der Waals surface area (Å²) in [5.74, 6) is 1.87. The van der Waals surface area contributed by atoms with Crippen LogP contribution in [0.5, 0.6) is 0 Å². The third kappa shape index (κ3) is 3.98. The van der Waals surface area contributed by atoms with Crippen LogP contribution in [0.4, 0.5) is 0 Å².